The number of piperidine rings is 1. The highest BCUT2D eigenvalue weighted by atomic mass is 16.2. The molecule has 0 aliphatic carbocycles. The number of fused-ring (bicyclic) bond motifs is 1. The van der Waals surface area contributed by atoms with E-state index in [1.165, 1.54) is 30.5 Å². The van der Waals surface area contributed by atoms with Crippen LogP contribution in [0.1, 0.15) is 43.7 Å². The van der Waals surface area contributed by atoms with E-state index in [9.17, 15) is 4.79 Å². The van der Waals surface area contributed by atoms with Crippen molar-refractivity contribution in [1.82, 2.24) is 9.38 Å². The van der Waals surface area contributed by atoms with Crippen LogP contribution in [0.5, 0.6) is 0 Å². The molecule has 138 valence electrons. The Balaban J connectivity index is 1.43. The van der Waals surface area contributed by atoms with Crippen molar-refractivity contribution in [2.24, 2.45) is 0 Å². The van der Waals surface area contributed by atoms with Crippen molar-refractivity contribution in [2.75, 3.05) is 22.9 Å². The van der Waals surface area contributed by atoms with E-state index in [0.29, 0.717) is 6.42 Å². The Morgan fingerprint density at radius 2 is 1.74 bits per heavy atom. The van der Waals surface area contributed by atoms with Gasteiger partial charge >= 0.3 is 0 Å². The normalized spacial score (nSPS) is 20.6. The largest absolute Gasteiger partial charge is 0.372 e. The van der Waals surface area contributed by atoms with E-state index >= 15 is 0 Å². The van der Waals surface area contributed by atoms with Gasteiger partial charge in [-0.25, -0.2) is 4.98 Å². The van der Waals surface area contributed by atoms with Gasteiger partial charge in [-0.3, -0.25) is 4.79 Å². The van der Waals surface area contributed by atoms with Gasteiger partial charge < -0.3 is 14.2 Å². The highest BCUT2D eigenvalue weighted by Crippen LogP contribution is 2.38. The van der Waals surface area contributed by atoms with Crippen LogP contribution in [0.2, 0.25) is 0 Å². The minimum atomic E-state index is 0.102. The maximum absolute atomic E-state index is 12.6. The lowest BCUT2D eigenvalue weighted by Gasteiger charge is -2.30. The number of pyridine rings is 1. The van der Waals surface area contributed by atoms with Crippen LogP contribution in [0.3, 0.4) is 0 Å². The van der Waals surface area contributed by atoms with Gasteiger partial charge in [-0.05, 0) is 49.4 Å². The van der Waals surface area contributed by atoms with Crippen LogP contribution in [0.25, 0.3) is 5.65 Å². The first-order valence-electron chi connectivity index (χ1n) is 9.89. The van der Waals surface area contributed by atoms with Crippen LogP contribution in [0.15, 0.2) is 55.0 Å². The summed E-state index contributed by atoms with van der Waals surface area (Å²) < 4.78 is 1.96. The molecule has 2 aliphatic rings. The van der Waals surface area contributed by atoms with E-state index in [-0.39, 0.29) is 11.9 Å². The van der Waals surface area contributed by atoms with Crippen molar-refractivity contribution in [1.29, 1.82) is 0 Å². The summed E-state index contributed by atoms with van der Waals surface area (Å²) in [6, 6.07) is 13.0. The molecule has 4 heterocycles. The molecule has 5 heteroatoms. The van der Waals surface area contributed by atoms with Crippen molar-refractivity contribution >= 4 is 22.9 Å². The Morgan fingerprint density at radius 3 is 2.56 bits per heavy atom. The van der Waals surface area contributed by atoms with E-state index in [0.717, 1.165) is 30.8 Å². The second-order valence-electron chi connectivity index (χ2n) is 7.54. The quantitative estimate of drug-likeness (QED) is 0.703. The molecule has 5 nitrogen and oxygen atoms in total. The van der Waals surface area contributed by atoms with Crippen LogP contribution in [0, 0.1) is 0 Å². The lowest BCUT2D eigenvalue weighted by molar-refractivity contribution is -0.117. The first-order valence-corrected chi connectivity index (χ1v) is 9.89. The highest BCUT2D eigenvalue weighted by molar-refractivity contribution is 5.96. The Bertz CT molecular complexity index is 956. The first-order chi connectivity index (χ1) is 13.3. The highest BCUT2D eigenvalue weighted by Gasteiger charge is 2.33. The fraction of sp³-hybridized carbons (Fsp3) is 0.364. The Hall–Kier alpha value is -2.82. The van der Waals surface area contributed by atoms with Crippen molar-refractivity contribution in [2.45, 2.75) is 38.1 Å². The van der Waals surface area contributed by atoms with Crippen LogP contribution in [-0.2, 0) is 4.79 Å². The molecule has 1 aromatic carbocycles. The number of anilines is 2. The van der Waals surface area contributed by atoms with E-state index in [2.05, 4.69) is 34.1 Å². The van der Waals surface area contributed by atoms with Gasteiger partial charge in [0.25, 0.3) is 0 Å². The summed E-state index contributed by atoms with van der Waals surface area (Å²) in [6.45, 7) is 2.30. The third kappa shape index (κ3) is 2.97. The van der Waals surface area contributed by atoms with Crippen LogP contribution in [-0.4, -0.2) is 28.4 Å². The number of carbonyl (C=O) groups is 1. The van der Waals surface area contributed by atoms with Crippen molar-refractivity contribution in [3.8, 4) is 0 Å². The van der Waals surface area contributed by atoms with E-state index < -0.39 is 0 Å². The molecule has 2 fully saturated rings. The molecule has 1 atom stereocenters. The molecule has 2 aromatic heterocycles. The van der Waals surface area contributed by atoms with Gasteiger partial charge in [0.1, 0.15) is 5.65 Å². The molecule has 0 bridgehead atoms. The third-order valence-electron chi connectivity index (χ3n) is 5.87. The third-order valence-corrected chi connectivity index (χ3v) is 5.87. The van der Waals surface area contributed by atoms with E-state index in [4.69, 9.17) is 0 Å². The monoisotopic (exact) mass is 360 g/mol. The summed E-state index contributed by atoms with van der Waals surface area (Å²) in [5.74, 6) is 0.191. The Kier molecular flexibility index (Phi) is 4.07. The maximum atomic E-state index is 12.6. The number of carbonyl (C=O) groups excluding carboxylic acids is 1. The molecule has 3 aromatic rings. The van der Waals surface area contributed by atoms with E-state index in [1.54, 1.807) is 6.20 Å². The smallest absolute Gasteiger partial charge is 0.227 e. The number of nitrogens with zero attached hydrogens (tertiary/aromatic N) is 4. The van der Waals surface area contributed by atoms with Gasteiger partial charge in [0.2, 0.25) is 5.91 Å². The fourth-order valence-electron chi connectivity index (χ4n) is 4.43. The lowest BCUT2D eigenvalue weighted by Crippen LogP contribution is -2.29. The lowest BCUT2D eigenvalue weighted by atomic mass is 10.0. The summed E-state index contributed by atoms with van der Waals surface area (Å²) in [5, 5.41) is 0. The summed E-state index contributed by atoms with van der Waals surface area (Å²) in [6.07, 6.45) is 11.0. The number of imidazole rings is 1. The van der Waals surface area contributed by atoms with Gasteiger partial charge in [0.15, 0.2) is 0 Å². The van der Waals surface area contributed by atoms with Gasteiger partial charge in [0, 0.05) is 55.5 Å². The minimum Gasteiger partial charge on any atom is -0.372 e. The van der Waals surface area contributed by atoms with Crippen LogP contribution >= 0.6 is 0 Å². The first kappa shape index (κ1) is 16.4. The van der Waals surface area contributed by atoms with Crippen molar-refractivity contribution in [3.05, 3.63) is 60.6 Å². The number of hydrogen-bond acceptors (Lipinski definition) is 3. The molecule has 1 amide bonds. The molecule has 0 radical (unpaired) electrons. The molecule has 0 spiro atoms. The molecular formula is C22H24N4O. The predicted octanol–water partition coefficient (Wildman–Crippen LogP) is 4.19. The van der Waals surface area contributed by atoms with Gasteiger partial charge in [-0.2, -0.15) is 0 Å². The summed E-state index contributed by atoms with van der Waals surface area (Å²) in [5.41, 5.74) is 4.31. The number of amides is 1. The predicted molar refractivity (Wildman–Crippen MR) is 107 cm³/mol. The molecular weight excluding hydrogens is 336 g/mol. The molecule has 2 saturated heterocycles. The topological polar surface area (TPSA) is 40.9 Å². The number of benzene rings is 1. The van der Waals surface area contributed by atoms with Gasteiger partial charge in [-0.15, -0.1) is 0 Å². The second kappa shape index (κ2) is 6.72. The summed E-state index contributed by atoms with van der Waals surface area (Å²) in [4.78, 5) is 21.4. The standard InChI is InChI=1S/C22H24N4O/c27-22-9-8-20(26(22)19-10-14-25-15-11-23-21(25)16-19)17-4-6-18(7-5-17)24-12-2-1-3-13-24/h4-7,10-11,14-16,20H,1-3,8-9,12-13H2. The number of hydrogen-bond donors (Lipinski definition) is 0. The number of aromatic nitrogens is 2. The van der Waals surface area contributed by atoms with Gasteiger partial charge in [0.05, 0.1) is 6.04 Å². The average molecular weight is 360 g/mol. The summed E-state index contributed by atoms with van der Waals surface area (Å²) in [7, 11) is 0. The zero-order chi connectivity index (χ0) is 18.2. The van der Waals surface area contributed by atoms with E-state index in [1.807, 2.05) is 33.8 Å². The average Bonchev–Trinajstić information content (AvgIpc) is 3.34. The Labute approximate surface area is 159 Å². The van der Waals surface area contributed by atoms with Crippen molar-refractivity contribution < 1.29 is 4.79 Å². The minimum absolute atomic E-state index is 0.102. The molecule has 5 rings (SSSR count). The second-order valence-corrected chi connectivity index (χ2v) is 7.54. The summed E-state index contributed by atoms with van der Waals surface area (Å²) >= 11 is 0. The number of rotatable bonds is 3. The fourth-order valence-corrected chi connectivity index (χ4v) is 4.43. The molecule has 27 heavy (non-hydrogen) atoms. The maximum Gasteiger partial charge on any atom is 0.227 e. The van der Waals surface area contributed by atoms with Crippen molar-refractivity contribution in [3.63, 3.8) is 0 Å². The van der Waals surface area contributed by atoms with Gasteiger partial charge in [-0.1, -0.05) is 12.1 Å². The molecule has 2 aliphatic heterocycles. The Morgan fingerprint density at radius 1 is 0.926 bits per heavy atom. The molecule has 0 saturated carbocycles. The van der Waals surface area contributed by atoms with Crippen LogP contribution < -0.4 is 9.80 Å². The zero-order valence-corrected chi connectivity index (χ0v) is 15.4. The van der Waals surface area contributed by atoms with Crippen LogP contribution in [0.4, 0.5) is 11.4 Å². The molecule has 0 N–H and O–H groups in total. The zero-order valence-electron chi connectivity index (χ0n) is 15.4. The SMILES string of the molecule is O=C1CCC(c2ccc(N3CCCCC3)cc2)N1c1ccn2ccnc2c1. The molecule has 1 unspecified atom stereocenters.